The van der Waals surface area contributed by atoms with Crippen molar-refractivity contribution in [2.45, 2.75) is 25.6 Å². The first-order valence-electron chi connectivity index (χ1n) is 9.89. The second kappa shape index (κ2) is 8.37. The molecule has 7 nitrogen and oxygen atoms in total. The molecule has 164 valence electrons. The number of carbonyl (C=O) groups is 1. The molecule has 1 saturated heterocycles. The van der Waals surface area contributed by atoms with E-state index < -0.39 is 17.9 Å². The fraction of sp³-hybridized carbons (Fsp3) is 0.333. The molecule has 2 aromatic rings. The van der Waals surface area contributed by atoms with Crippen LogP contribution in [-0.4, -0.2) is 30.7 Å². The quantitative estimate of drug-likeness (QED) is 0.669. The summed E-state index contributed by atoms with van der Waals surface area (Å²) in [5, 5.41) is 8.51. The Morgan fingerprint density at radius 3 is 2.74 bits per heavy atom. The summed E-state index contributed by atoms with van der Waals surface area (Å²) in [5.41, 5.74) is 1.45. The minimum atomic E-state index is -4.52. The van der Waals surface area contributed by atoms with Gasteiger partial charge in [-0.1, -0.05) is 18.7 Å². The van der Waals surface area contributed by atoms with Crippen LogP contribution in [0.4, 0.5) is 35.2 Å². The first kappa shape index (κ1) is 20.8. The molecule has 0 aliphatic carbocycles. The topological polar surface area (TPSA) is 78.5 Å². The highest BCUT2D eigenvalue weighted by Crippen LogP contribution is 2.37. The molecule has 3 N–H and O–H groups in total. The van der Waals surface area contributed by atoms with Gasteiger partial charge in [0, 0.05) is 30.9 Å². The number of hydrogen-bond acceptors (Lipinski definition) is 5. The fourth-order valence-corrected chi connectivity index (χ4v) is 3.59. The van der Waals surface area contributed by atoms with Gasteiger partial charge in [0.1, 0.15) is 18.1 Å². The maximum Gasteiger partial charge on any atom is 0.433 e. The third-order valence-electron chi connectivity index (χ3n) is 5.06. The maximum atomic E-state index is 13.1. The van der Waals surface area contributed by atoms with E-state index >= 15 is 0 Å². The molecule has 4 rings (SSSR count). The van der Waals surface area contributed by atoms with Crippen molar-refractivity contribution in [1.82, 2.24) is 10.3 Å². The van der Waals surface area contributed by atoms with Crippen LogP contribution in [0.25, 0.3) is 0 Å². The van der Waals surface area contributed by atoms with Crippen LogP contribution in [0.15, 0.2) is 42.6 Å². The van der Waals surface area contributed by atoms with E-state index in [1.165, 1.54) is 6.07 Å². The first-order chi connectivity index (χ1) is 14.8. The van der Waals surface area contributed by atoms with Gasteiger partial charge in [-0.3, -0.25) is 0 Å². The van der Waals surface area contributed by atoms with Crippen molar-refractivity contribution in [3.05, 3.63) is 53.9 Å². The van der Waals surface area contributed by atoms with Crippen molar-refractivity contribution >= 4 is 23.2 Å². The van der Waals surface area contributed by atoms with Crippen molar-refractivity contribution in [1.29, 1.82) is 0 Å². The van der Waals surface area contributed by atoms with E-state index in [1.807, 2.05) is 4.90 Å². The highest BCUT2D eigenvalue weighted by Gasteiger charge is 2.34. The molecule has 1 fully saturated rings. The molecule has 0 unspecified atom stereocenters. The molecule has 0 radical (unpaired) electrons. The Labute approximate surface area is 177 Å². The van der Waals surface area contributed by atoms with Crippen LogP contribution >= 0.6 is 0 Å². The summed E-state index contributed by atoms with van der Waals surface area (Å²) < 4.78 is 45.0. The summed E-state index contributed by atoms with van der Waals surface area (Å²) in [6.07, 6.45) is -2.74. The number of amides is 2. The number of fused-ring (bicyclic) bond motifs is 1. The standard InChI is InChI=1S/C21H22F3N5O2/c1-13-12-31-18-15(26-13)5-4-6-16(18)27-20(30)25-11-14-7-8-17(21(22,23)24)28-19(14)29-9-2-3-10-29/h4-8,26H,1-3,9-12H2,(H2,25,27,30). The number of urea groups is 1. The number of pyridine rings is 1. The molecule has 2 aliphatic heterocycles. The fourth-order valence-electron chi connectivity index (χ4n) is 3.59. The zero-order valence-electron chi connectivity index (χ0n) is 16.7. The number of nitrogens with zero attached hydrogens (tertiary/aromatic N) is 2. The Balaban J connectivity index is 1.47. The SMILES string of the molecule is C=C1COc2c(cccc2NC(=O)NCc2ccc(C(F)(F)F)nc2N2CCCC2)N1. The third-order valence-corrected chi connectivity index (χ3v) is 5.06. The van der Waals surface area contributed by atoms with Crippen LogP contribution in [0.2, 0.25) is 0 Å². The zero-order valence-corrected chi connectivity index (χ0v) is 16.7. The molecule has 31 heavy (non-hydrogen) atoms. The van der Waals surface area contributed by atoms with Gasteiger partial charge in [0.25, 0.3) is 0 Å². The number of nitrogens with one attached hydrogen (secondary N) is 3. The number of ether oxygens (including phenoxy) is 1. The second-order valence-corrected chi connectivity index (χ2v) is 7.38. The van der Waals surface area contributed by atoms with Gasteiger partial charge in [0.2, 0.25) is 0 Å². The van der Waals surface area contributed by atoms with E-state index in [0.29, 0.717) is 41.5 Å². The third kappa shape index (κ3) is 4.68. The van der Waals surface area contributed by atoms with Gasteiger partial charge >= 0.3 is 12.2 Å². The van der Waals surface area contributed by atoms with E-state index in [4.69, 9.17) is 4.74 Å². The zero-order chi connectivity index (χ0) is 22.0. The van der Waals surface area contributed by atoms with Gasteiger partial charge in [0.05, 0.1) is 11.4 Å². The van der Waals surface area contributed by atoms with Crippen molar-refractivity contribution in [2.75, 3.05) is 35.2 Å². The molecule has 2 amide bonds. The van der Waals surface area contributed by atoms with E-state index in [2.05, 4.69) is 27.5 Å². The number of para-hydroxylation sites is 1. The lowest BCUT2D eigenvalue weighted by atomic mass is 10.2. The summed E-state index contributed by atoms with van der Waals surface area (Å²) in [7, 11) is 0. The minimum absolute atomic E-state index is 0.0355. The molecule has 1 aromatic carbocycles. The van der Waals surface area contributed by atoms with Crippen LogP contribution in [0.1, 0.15) is 24.1 Å². The van der Waals surface area contributed by atoms with Gasteiger partial charge in [-0.25, -0.2) is 9.78 Å². The van der Waals surface area contributed by atoms with Gasteiger partial charge in [-0.15, -0.1) is 0 Å². The summed E-state index contributed by atoms with van der Waals surface area (Å²) in [5.74, 6) is 0.759. The number of rotatable bonds is 4. The monoisotopic (exact) mass is 433 g/mol. The van der Waals surface area contributed by atoms with Crippen LogP contribution < -0.4 is 25.6 Å². The van der Waals surface area contributed by atoms with Crippen LogP contribution in [0.5, 0.6) is 5.75 Å². The first-order valence-corrected chi connectivity index (χ1v) is 9.89. The molecule has 10 heteroatoms. The van der Waals surface area contributed by atoms with E-state index in [0.717, 1.165) is 18.9 Å². The Hall–Kier alpha value is -3.43. The average Bonchev–Trinajstić information content (AvgIpc) is 3.26. The normalized spacial score (nSPS) is 15.7. The number of benzene rings is 1. The summed E-state index contributed by atoms with van der Waals surface area (Å²) in [6.45, 7) is 5.41. The smallest absolute Gasteiger partial charge is 0.433 e. The summed E-state index contributed by atoms with van der Waals surface area (Å²) in [6, 6.07) is 7.06. The second-order valence-electron chi connectivity index (χ2n) is 7.38. The number of carbonyl (C=O) groups excluding carboxylic acids is 1. The van der Waals surface area contributed by atoms with Crippen LogP contribution in [0.3, 0.4) is 0 Å². The molecule has 0 saturated carbocycles. The molecule has 1 aromatic heterocycles. The predicted octanol–water partition coefficient (Wildman–Crippen LogP) is 4.34. The number of alkyl halides is 3. The Morgan fingerprint density at radius 2 is 2.00 bits per heavy atom. The lowest BCUT2D eigenvalue weighted by Crippen LogP contribution is -2.30. The van der Waals surface area contributed by atoms with Crippen molar-refractivity contribution in [3.63, 3.8) is 0 Å². The molecular formula is C21H22F3N5O2. The molecule has 2 aliphatic rings. The van der Waals surface area contributed by atoms with Gasteiger partial charge < -0.3 is 25.6 Å². The number of anilines is 3. The molecule has 0 atom stereocenters. The van der Waals surface area contributed by atoms with Crippen molar-refractivity contribution in [3.8, 4) is 5.75 Å². The summed E-state index contributed by atoms with van der Waals surface area (Å²) >= 11 is 0. The predicted molar refractivity (Wildman–Crippen MR) is 111 cm³/mol. The van der Waals surface area contributed by atoms with Crippen molar-refractivity contribution in [2.24, 2.45) is 0 Å². The number of aromatic nitrogens is 1. The van der Waals surface area contributed by atoms with Gasteiger partial charge in [0.15, 0.2) is 5.75 Å². The molecule has 0 bridgehead atoms. The minimum Gasteiger partial charge on any atom is -0.483 e. The molecule has 0 spiro atoms. The Morgan fingerprint density at radius 1 is 1.23 bits per heavy atom. The van der Waals surface area contributed by atoms with Crippen molar-refractivity contribution < 1.29 is 22.7 Å². The maximum absolute atomic E-state index is 13.1. The largest absolute Gasteiger partial charge is 0.483 e. The van der Waals surface area contributed by atoms with E-state index in [9.17, 15) is 18.0 Å². The highest BCUT2D eigenvalue weighted by atomic mass is 19.4. The lowest BCUT2D eigenvalue weighted by molar-refractivity contribution is -0.141. The Bertz CT molecular complexity index is 1000. The lowest BCUT2D eigenvalue weighted by Gasteiger charge is -2.24. The summed E-state index contributed by atoms with van der Waals surface area (Å²) in [4.78, 5) is 18.1. The highest BCUT2D eigenvalue weighted by molar-refractivity contribution is 5.93. The molecular weight excluding hydrogens is 411 g/mol. The van der Waals surface area contributed by atoms with Crippen LogP contribution in [0, 0.1) is 0 Å². The number of hydrogen-bond donors (Lipinski definition) is 3. The average molecular weight is 433 g/mol. The van der Waals surface area contributed by atoms with Gasteiger partial charge in [-0.2, -0.15) is 13.2 Å². The van der Waals surface area contributed by atoms with E-state index in [-0.39, 0.29) is 19.0 Å². The Kier molecular flexibility index (Phi) is 5.62. The number of halogens is 3. The van der Waals surface area contributed by atoms with E-state index in [1.54, 1.807) is 18.2 Å². The molecule has 3 heterocycles. The van der Waals surface area contributed by atoms with Crippen LogP contribution in [-0.2, 0) is 12.7 Å². The van der Waals surface area contributed by atoms with Gasteiger partial charge in [-0.05, 0) is 31.0 Å².